The lowest BCUT2D eigenvalue weighted by Gasteiger charge is -2.31. The van der Waals surface area contributed by atoms with E-state index in [2.05, 4.69) is 0 Å². The highest BCUT2D eigenvalue weighted by molar-refractivity contribution is 6.21. The number of hydroxylamine groups is 2. The van der Waals surface area contributed by atoms with Crippen LogP contribution in [0.4, 0.5) is 10.5 Å². The standard InChI is InChI=1S/C22H20N2O7/c1-22(2,3)30-21(28)23-10-11-29-17-12-13(8-9-16(17)23)20(27)31-24-18(25)14-6-4-5-7-15(14)19(24)26/h4-9,12H,10-11H2,1-3H3. The fraction of sp³-hybridized carbons (Fsp3) is 0.273. The summed E-state index contributed by atoms with van der Waals surface area (Å²) in [7, 11) is 0. The molecule has 0 radical (unpaired) electrons. The van der Waals surface area contributed by atoms with Gasteiger partial charge in [-0.2, -0.15) is 0 Å². The topological polar surface area (TPSA) is 102 Å². The fourth-order valence-corrected chi connectivity index (χ4v) is 3.24. The molecule has 0 N–H and O–H groups in total. The van der Waals surface area contributed by atoms with Gasteiger partial charge in [-0.1, -0.05) is 17.2 Å². The van der Waals surface area contributed by atoms with Crippen LogP contribution in [0.15, 0.2) is 42.5 Å². The summed E-state index contributed by atoms with van der Waals surface area (Å²) in [6.07, 6.45) is -0.529. The Morgan fingerprint density at radius 3 is 2.26 bits per heavy atom. The number of benzene rings is 2. The average Bonchev–Trinajstić information content (AvgIpc) is 2.96. The summed E-state index contributed by atoms with van der Waals surface area (Å²) in [4.78, 5) is 56.3. The molecule has 0 saturated heterocycles. The number of anilines is 1. The van der Waals surface area contributed by atoms with Gasteiger partial charge in [-0.3, -0.25) is 14.5 Å². The zero-order valence-electron chi connectivity index (χ0n) is 17.2. The van der Waals surface area contributed by atoms with Crippen molar-refractivity contribution in [2.24, 2.45) is 0 Å². The maximum absolute atomic E-state index is 12.6. The molecule has 2 aliphatic heterocycles. The van der Waals surface area contributed by atoms with E-state index >= 15 is 0 Å². The van der Waals surface area contributed by atoms with Crippen molar-refractivity contribution >= 4 is 29.6 Å². The van der Waals surface area contributed by atoms with Gasteiger partial charge in [-0.25, -0.2) is 9.59 Å². The maximum Gasteiger partial charge on any atom is 0.415 e. The van der Waals surface area contributed by atoms with Gasteiger partial charge in [-0.15, -0.1) is 0 Å². The van der Waals surface area contributed by atoms with E-state index in [1.54, 1.807) is 32.9 Å². The van der Waals surface area contributed by atoms with Crippen LogP contribution in [0.5, 0.6) is 5.75 Å². The van der Waals surface area contributed by atoms with Crippen LogP contribution in [-0.2, 0) is 9.57 Å². The second kappa shape index (κ2) is 7.42. The highest BCUT2D eigenvalue weighted by Crippen LogP contribution is 2.34. The monoisotopic (exact) mass is 424 g/mol. The van der Waals surface area contributed by atoms with Crippen molar-refractivity contribution in [2.45, 2.75) is 26.4 Å². The van der Waals surface area contributed by atoms with Crippen LogP contribution >= 0.6 is 0 Å². The van der Waals surface area contributed by atoms with Gasteiger partial charge in [0.05, 0.1) is 28.9 Å². The Kier molecular flexibility index (Phi) is 4.88. The van der Waals surface area contributed by atoms with Crippen LogP contribution < -0.4 is 9.64 Å². The van der Waals surface area contributed by atoms with Crippen LogP contribution in [0.3, 0.4) is 0 Å². The molecule has 0 aromatic heterocycles. The number of ether oxygens (including phenoxy) is 2. The van der Waals surface area contributed by atoms with Gasteiger partial charge in [0.25, 0.3) is 11.8 Å². The number of carbonyl (C=O) groups is 4. The van der Waals surface area contributed by atoms with Crippen molar-refractivity contribution in [3.05, 3.63) is 59.2 Å². The first-order valence-corrected chi connectivity index (χ1v) is 9.63. The first kappa shape index (κ1) is 20.4. The highest BCUT2D eigenvalue weighted by Gasteiger charge is 2.39. The van der Waals surface area contributed by atoms with E-state index in [4.69, 9.17) is 14.3 Å². The van der Waals surface area contributed by atoms with Crippen LogP contribution in [0, 0.1) is 0 Å². The molecule has 0 bridgehead atoms. The van der Waals surface area contributed by atoms with E-state index in [9.17, 15) is 19.2 Å². The second-order valence-electron chi connectivity index (χ2n) is 7.99. The first-order chi connectivity index (χ1) is 14.7. The minimum absolute atomic E-state index is 0.0568. The van der Waals surface area contributed by atoms with Gasteiger partial charge in [0.2, 0.25) is 0 Å². The quantitative estimate of drug-likeness (QED) is 0.682. The summed E-state index contributed by atoms with van der Waals surface area (Å²) >= 11 is 0. The summed E-state index contributed by atoms with van der Waals surface area (Å²) in [5.41, 5.74) is 0.175. The van der Waals surface area contributed by atoms with E-state index in [0.717, 1.165) is 0 Å². The largest absolute Gasteiger partial charge is 0.490 e. The highest BCUT2D eigenvalue weighted by atomic mass is 16.7. The van der Waals surface area contributed by atoms with Crippen molar-refractivity contribution in [1.82, 2.24) is 5.06 Å². The minimum atomic E-state index is -0.907. The molecule has 2 aliphatic rings. The Morgan fingerprint density at radius 1 is 1.00 bits per heavy atom. The summed E-state index contributed by atoms with van der Waals surface area (Å²) in [6.45, 7) is 5.81. The lowest BCUT2D eigenvalue weighted by molar-refractivity contribution is -0.0584. The maximum atomic E-state index is 12.6. The molecule has 0 aliphatic carbocycles. The molecule has 2 aromatic carbocycles. The number of fused-ring (bicyclic) bond motifs is 2. The van der Waals surface area contributed by atoms with E-state index in [1.807, 2.05) is 0 Å². The van der Waals surface area contributed by atoms with E-state index in [0.29, 0.717) is 17.3 Å². The van der Waals surface area contributed by atoms with Crippen LogP contribution in [0.25, 0.3) is 0 Å². The van der Waals surface area contributed by atoms with Crippen LogP contribution in [-0.4, -0.2) is 47.7 Å². The number of carbonyl (C=O) groups excluding carboxylic acids is 4. The molecule has 160 valence electrons. The molecule has 0 unspecified atom stereocenters. The fourth-order valence-electron chi connectivity index (χ4n) is 3.24. The number of rotatable bonds is 2. The van der Waals surface area contributed by atoms with E-state index < -0.39 is 29.5 Å². The van der Waals surface area contributed by atoms with Gasteiger partial charge in [0.1, 0.15) is 18.0 Å². The summed E-state index contributed by atoms with van der Waals surface area (Å²) in [5.74, 6) is -2.04. The summed E-state index contributed by atoms with van der Waals surface area (Å²) < 4.78 is 11.0. The third kappa shape index (κ3) is 3.81. The van der Waals surface area contributed by atoms with Crippen LogP contribution in [0.2, 0.25) is 0 Å². The van der Waals surface area contributed by atoms with Crippen molar-refractivity contribution < 1.29 is 33.5 Å². The average molecular weight is 424 g/mol. The third-order valence-electron chi connectivity index (χ3n) is 4.60. The normalized spacial score (nSPS) is 15.2. The molecule has 9 heteroatoms. The predicted molar refractivity (Wildman–Crippen MR) is 108 cm³/mol. The molecule has 9 nitrogen and oxygen atoms in total. The molecule has 2 aromatic rings. The molecule has 2 heterocycles. The Balaban J connectivity index is 1.53. The van der Waals surface area contributed by atoms with Gasteiger partial charge in [-0.05, 0) is 51.1 Å². The second-order valence-corrected chi connectivity index (χ2v) is 7.99. The Bertz CT molecular complexity index is 1070. The number of hydrogen-bond acceptors (Lipinski definition) is 7. The zero-order valence-corrected chi connectivity index (χ0v) is 17.2. The van der Waals surface area contributed by atoms with Crippen molar-refractivity contribution in [2.75, 3.05) is 18.1 Å². The molecular formula is C22H20N2O7. The van der Waals surface area contributed by atoms with Crippen LogP contribution in [0.1, 0.15) is 51.8 Å². The lowest BCUT2D eigenvalue weighted by atomic mass is 10.1. The van der Waals surface area contributed by atoms with Gasteiger partial charge in [0, 0.05) is 0 Å². The van der Waals surface area contributed by atoms with E-state index in [-0.39, 0.29) is 29.0 Å². The van der Waals surface area contributed by atoms with Gasteiger partial charge in [0.15, 0.2) is 0 Å². The predicted octanol–water partition coefficient (Wildman–Crippen LogP) is 3.19. The number of imide groups is 1. The summed E-state index contributed by atoms with van der Waals surface area (Å²) in [6, 6.07) is 10.6. The minimum Gasteiger partial charge on any atom is -0.490 e. The summed E-state index contributed by atoms with van der Waals surface area (Å²) in [5, 5.41) is 0.445. The molecule has 0 fully saturated rings. The van der Waals surface area contributed by atoms with Crippen molar-refractivity contribution in [3.8, 4) is 5.75 Å². The smallest absolute Gasteiger partial charge is 0.415 e. The lowest BCUT2D eigenvalue weighted by Crippen LogP contribution is -2.41. The molecule has 0 spiro atoms. The molecule has 3 amide bonds. The Morgan fingerprint density at radius 2 is 1.65 bits per heavy atom. The first-order valence-electron chi connectivity index (χ1n) is 9.63. The molecular weight excluding hydrogens is 404 g/mol. The number of hydrogen-bond donors (Lipinski definition) is 0. The Labute approximate surface area is 178 Å². The van der Waals surface area contributed by atoms with Gasteiger partial charge < -0.3 is 14.3 Å². The molecule has 0 atom stereocenters. The van der Waals surface area contributed by atoms with Crippen molar-refractivity contribution in [3.63, 3.8) is 0 Å². The third-order valence-corrected chi connectivity index (χ3v) is 4.60. The molecule has 31 heavy (non-hydrogen) atoms. The van der Waals surface area contributed by atoms with E-state index in [1.165, 1.54) is 35.2 Å². The number of nitrogens with zero attached hydrogens (tertiary/aromatic N) is 2. The molecule has 4 rings (SSSR count). The molecule has 0 saturated carbocycles. The zero-order chi connectivity index (χ0) is 22.3. The van der Waals surface area contributed by atoms with Gasteiger partial charge >= 0.3 is 12.1 Å². The SMILES string of the molecule is CC(C)(C)OC(=O)N1CCOc2cc(C(=O)ON3C(=O)c4ccccc4C3=O)ccc21. The van der Waals surface area contributed by atoms with Crippen molar-refractivity contribution in [1.29, 1.82) is 0 Å². The number of amides is 3. The Hall–Kier alpha value is -3.88.